The number of carboxylic acid groups (broad SMARTS) is 1. The molecule has 0 spiro atoms. The van der Waals surface area contributed by atoms with Crippen molar-refractivity contribution in [3.8, 4) is 0 Å². The standard InChI is InChI=1S/C28H23N3O9S/c1-14(32)39-11-16-13-41-27-21(26(36)31(27)22(16)28(37)38)30-25(35)20(15-7-3-2-4-8-15)29-24(34)18-12-40-19-10-6-5-9-17(19)23(18)33/h2-10,12,20-21,27H,11,13H2,1H3,(H,29,34)(H,30,35)(H,37,38)/t20?,21-,27+/m1/s1. The Bertz CT molecular complexity index is 1670. The number of amides is 3. The van der Waals surface area contributed by atoms with Gasteiger partial charge in [-0.25, -0.2) is 4.79 Å². The largest absolute Gasteiger partial charge is 0.477 e. The Balaban J connectivity index is 1.37. The molecule has 5 rings (SSSR count). The molecule has 0 saturated carbocycles. The van der Waals surface area contributed by atoms with E-state index in [-0.39, 0.29) is 34.6 Å². The van der Waals surface area contributed by atoms with Gasteiger partial charge in [0.1, 0.15) is 47.2 Å². The molecule has 0 aliphatic carbocycles. The van der Waals surface area contributed by atoms with Crippen LogP contribution in [0.3, 0.4) is 0 Å². The van der Waals surface area contributed by atoms with Crippen LogP contribution in [-0.2, 0) is 23.9 Å². The molecule has 1 aromatic heterocycles. The highest BCUT2D eigenvalue weighted by molar-refractivity contribution is 8.00. The highest BCUT2D eigenvalue weighted by Crippen LogP contribution is 2.40. The lowest BCUT2D eigenvalue weighted by Crippen LogP contribution is -2.71. The zero-order chi connectivity index (χ0) is 29.3. The molecule has 3 heterocycles. The number of rotatable bonds is 8. The van der Waals surface area contributed by atoms with Crippen LogP contribution in [0.5, 0.6) is 0 Å². The fraction of sp³-hybridized carbons (Fsp3) is 0.214. The van der Waals surface area contributed by atoms with Crippen LogP contribution >= 0.6 is 11.8 Å². The maximum absolute atomic E-state index is 13.5. The van der Waals surface area contributed by atoms with Crippen LogP contribution in [0, 0.1) is 0 Å². The Morgan fingerprint density at radius 3 is 2.51 bits per heavy atom. The number of carboxylic acids is 1. The highest BCUT2D eigenvalue weighted by Gasteiger charge is 2.54. The first-order valence-corrected chi connectivity index (χ1v) is 13.4. The van der Waals surface area contributed by atoms with Crippen molar-refractivity contribution in [1.29, 1.82) is 0 Å². The molecular weight excluding hydrogens is 554 g/mol. The van der Waals surface area contributed by atoms with Crippen molar-refractivity contribution in [2.75, 3.05) is 12.4 Å². The maximum atomic E-state index is 13.5. The molecule has 2 aromatic carbocycles. The van der Waals surface area contributed by atoms with Crippen LogP contribution < -0.4 is 16.1 Å². The van der Waals surface area contributed by atoms with Gasteiger partial charge in [0.15, 0.2) is 0 Å². The molecule has 3 atom stereocenters. The van der Waals surface area contributed by atoms with Crippen LogP contribution in [-0.4, -0.2) is 63.4 Å². The second-order valence-electron chi connectivity index (χ2n) is 9.23. The number of esters is 1. The van der Waals surface area contributed by atoms with Crippen molar-refractivity contribution in [2.45, 2.75) is 24.4 Å². The number of para-hydroxylation sites is 1. The lowest BCUT2D eigenvalue weighted by Gasteiger charge is -2.49. The second kappa shape index (κ2) is 11.3. The summed E-state index contributed by atoms with van der Waals surface area (Å²) in [6.45, 7) is 0.914. The van der Waals surface area contributed by atoms with Gasteiger partial charge in [-0.1, -0.05) is 42.5 Å². The minimum absolute atomic E-state index is 0.159. The van der Waals surface area contributed by atoms with Crippen LogP contribution in [0.25, 0.3) is 11.0 Å². The molecule has 2 aliphatic heterocycles. The Labute approximate surface area is 236 Å². The van der Waals surface area contributed by atoms with Crippen molar-refractivity contribution in [3.05, 3.63) is 93.5 Å². The maximum Gasteiger partial charge on any atom is 0.352 e. The second-order valence-corrected chi connectivity index (χ2v) is 10.3. The number of hydrogen-bond donors (Lipinski definition) is 3. The molecule has 1 fully saturated rings. The molecule has 0 radical (unpaired) electrons. The van der Waals surface area contributed by atoms with Crippen molar-refractivity contribution in [2.24, 2.45) is 0 Å². The van der Waals surface area contributed by atoms with E-state index < -0.39 is 52.5 Å². The van der Waals surface area contributed by atoms with Crippen molar-refractivity contribution in [1.82, 2.24) is 15.5 Å². The van der Waals surface area contributed by atoms with Gasteiger partial charge >= 0.3 is 11.9 Å². The number of carbonyl (C=O) groups is 5. The SMILES string of the molecule is CC(=O)OCC1=C(C(=O)O)N2C(=O)[C@@H](NC(=O)C(NC(=O)c3coc4ccccc4c3=O)c3ccccc3)[C@@H]2SC1. The van der Waals surface area contributed by atoms with Crippen molar-refractivity contribution >= 4 is 52.4 Å². The van der Waals surface area contributed by atoms with Crippen molar-refractivity contribution in [3.63, 3.8) is 0 Å². The Kier molecular flexibility index (Phi) is 7.62. The minimum atomic E-state index is -1.36. The van der Waals surface area contributed by atoms with E-state index in [0.29, 0.717) is 11.1 Å². The fourth-order valence-corrected chi connectivity index (χ4v) is 5.94. The van der Waals surface area contributed by atoms with Gasteiger partial charge in [-0.3, -0.25) is 28.9 Å². The molecule has 12 nitrogen and oxygen atoms in total. The first kappa shape index (κ1) is 27.6. The van der Waals surface area contributed by atoms with Gasteiger partial charge in [0.2, 0.25) is 11.3 Å². The average molecular weight is 578 g/mol. The third-order valence-corrected chi connectivity index (χ3v) is 7.93. The Hall–Kier alpha value is -4.91. The minimum Gasteiger partial charge on any atom is -0.477 e. The van der Waals surface area contributed by atoms with Gasteiger partial charge in [0, 0.05) is 18.2 Å². The fourth-order valence-electron chi connectivity index (χ4n) is 4.61. The van der Waals surface area contributed by atoms with Gasteiger partial charge < -0.3 is 24.9 Å². The average Bonchev–Trinajstić information content (AvgIpc) is 2.97. The summed E-state index contributed by atoms with van der Waals surface area (Å²) in [4.78, 5) is 76.9. The molecule has 210 valence electrons. The number of hydrogen-bond acceptors (Lipinski definition) is 9. The molecule has 2 aliphatic rings. The zero-order valence-corrected chi connectivity index (χ0v) is 22.3. The summed E-state index contributed by atoms with van der Waals surface area (Å²) in [6.07, 6.45) is 1.03. The third-order valence-electron chi connectivity index (χ3n) is 6.59. The molecule has 3 amide bonds. The number of thioether (sulfide) groups is 1. The van der Waals surface area contributed by atoms with Crippen LogP contribution in [0.2, 0.25) is 0 Å². The molecule has 1 unspecified atom stereocenters. The van der Waals surface area contributed by atoms with Gasteiger partial charge in [-0.2, -0.15) is 0 Å². The van der Waals surface area contributed by atoms with Gasteiger partial charge in [0.05, 0.1) is 5.39 Å². The van der Waals surface area contributed by atoms with Gasteiger partial charge in [-0.15, -0.1) is 11.8 Å². The monoisotopic (exact) mass is 577 g/mol. The van der Waals surface area contributed by atoms with Crippen LogP contribution in [0.15, 0.2) is 81.3 Å². The number of nitrogens with zero attached hydrogens (tertiary/aromatic N) is 1. The van der Waals surface area contributed by atoms with E-state index >= 15 is 0 Å². The van der Waals surface area contributed by atoms with E-state index in [2.05, 4.69) is 10.6 Å². The summed E-state index contributed by atoms with van der Waals surface area (Å²) < 4.78 is 10.4. The number of benzene rings is 2. The first-order valence-electron chi connectivity index (χ1n) is 12.4. The molecule has 0 bridgehead atoms. The van der Waals surface area contributed by atoms with Crippen LogP contribution in [0.4, 0.5) is 0 Å². The van der Waals surface area contributed by atoms with E-state index in [1.54, 1.807) is 48.5 Å². The predicted molar refractivity (Wildman–Crippen MR) is 145 cm³/mol. The normalized spacial score (nSPS) is 18.7. The lowest BCUT2D eigenvalue weighted by molar-refractivity contribution is -0.151. The molecule has 3 N–H and O–H groups in total. The summed E-state index contributed by atoms with van der Waals surface area (Å²) in [5.74, 6) is -4.05. The predicted octanol–water partition coefficient (Wildman–Crippen LogP) is 1.57. The van der Waals surface area contributed by atoms with E-state index in [4.69, 9.17) is 9.15 Å². The first-order chi connectivity index (χ1) is 19.7. The third kappa shape index (κ3) is 5.31. The summed E-state index contributed by atoms with van der Waals surface area (Å²) in [6, 6.07) is 12.3. The van der Waals surface area contributed by atoms with E-state index in [1.807, 2.05) is 0 Å². The molecule has 41 heavy (non-hydrogen) atoms. The van der Waals surface area contributed by atoms with E-state index in [9.17, 15) is 33.9 Å². The number of ether oxygens (including phenoxy) is 1. The highest BCUT2D eigenvalue weighted by atomic mass is 32.2. The number of fused-ring (bicyclic) bond motifs is 2. The van der Waals surface area contributed by atoms with E-state index in [1.165, 1.54) is 24.8 Å². The lowest BCUT2D eigenvalue weighted by atomic mass is 10.0. The molecular formula is C28H23N3O9S. The topological polar surface area (TPSA) is 172 Å². The summed E-state index contributed by atoms with van der Waals surface area (Å²) in [5.41, 5.74) is -0.217. The Morgan fingerprint density at radius 1 is 1.10 bits per heavy atom. The number of nitrogens with one attached hydrogen (secondary N) is 2. The number of carbonyl (C=O) groups excluding carboxylic acids is 4. The smallest absolute Gasteiger partial charge is 0.352 e. The summed E-state index contributed by atoms with van der Waals surface area (Å²) in [5, 5.41) is 14.4. The van der Waals surface area contributed by atoms with Crippen LogP contribution in [0.1, 0.15) is 28.9 Å². The Morgan fingerprint density at radius 2 is 1.80 bits per heavy atom. The molecule has 3 aromatic rings. The van der Waals surface area contributed by atoms with E-state index in [0.717, 1.165) is 11.2 Å². The quantitative estimate of drug-likeness (QED) is 0.264. The zero-order valence-electron chi connectivity index (χ0n) is 21.5. The van der Waals surface area contributed by atoms with Gasteiger partial charge in [-0.05, 0) is 17.7 Å². The number of aliphatic carboxylic acids is 1. The van der Waals surface area contributed by atoms with Crippen molar-refractivity contribution < 1.29 is 38.2 Å². The number of β-lactam (4-membered cyclic amide) rings is 1. The molecule has 1 saturated heterocycles. The van der Waals surface area contributed by atoms with Gasteiger partial charge in [0.25, 0.3) is 11.8 Å². The molecule has 13 heteroatoms. The summed E-state index contributed by atoms with van der Waals surface area (Å²) >= 11 is 1.21. The summed E-state index contributed by atoms with van der Waals surface area (Å²) in [7, 11) is 0.